The molecule has 3 N–H and O–H groups in total. The van der Waals surface area contributed by atoms with E-state index in [1.54, 1.807) is 0 Å². The van der Waals surface area contributed by atoms with E-state index in [-0.39, 0.29) is 17.9 Å². The molecule has 2 unspecified atom stereocenters. The van der Waals surface area contributed by atoms with Crippen LogP contribution in [0.15, 0.2) is 30.3 Å². The van der Waals surface area contributed by atoms with E-state index < -0.39 is 0 Å². The first-order chi connectivity index (χ1) is 9.19. The zero-order chi connectivity index (χ0) is 13.7. The molecule has 2 rings (SSSR count). The van der Waals surface area contributed by atoms with E-state index in [0.29, 0.717) is 6.54 Å². The molecule has 2 atom stereocenters. The number of nitrogens with zero attached hydrogens (tertiary/aromatic N) is 1. The van der Waals surface area contributed by atoms with Gasteiger partial charge in [-0.15, -0.1) is 0 Å². The van der Waals surface area contributed by atoms with Gasteiger partial charge in [0.1, 0.15) is 0 Å². The van der Waals surface area contributed by atoms with E-state index >= 15 is 0 Å². The second-order valence-corrected chi connectivity index (χ2v) is 5.35. The zero-order valence-corrected chi connectivity index (χ0v) is 11.5. The van der Waals surface area contributed by atoms with Crippen LogP contribution in [0, 0.1) is 5.92 Å². The van der Waals surface area contributed by atoms with Crippen molar-refractivity contribution in [1.29, 1.82) is 0 Å². The van der Waals surface area contributed by atoms with Gasteiger partial charge in [-0.1, -0.05) is 37.3 Å². The molecular formula is C15H23N3O. The summed E-state index contributed by atoms with van der Waals surface area (Å²) in [5.41, 5.74) is 6.83. The SMILES string of the molecule is CC(CN)C(=O)NC1CCN(Cc2ccccc2)C1. The Bertz CT molecular complexity index is 407. The van der Waals surface area contributed by atoms with Crippen molar-refractivity contribution >= 4 is 5.91 Å². The molecule has 1 amide bonds. The predicted molar refractivity (Wildman–Crippen MR) is 76.5 cm³/mol. The standard InChI is InChI=1S/C15H23N3O/c1-12(9-16)15(19)17-14-7-8-18(11-14)10-13-5-3-2-4-6-13/h2-6,12,14H,7-11,16H2,1H3,(H,17,19). The van der Waals surface area contributed by atoms with Crippen molar-refractivity contribution in [2.75, 3.05) is 19.6 Å². The maximum atomic E-state index is 11.8. The Labute approximate surface area is 115 Å². The van der Waals surface area contributed by atoms with E-state index in [2.05, 4.69) is 34.5 Å². The molecule has 1 saturated heterocycles. The molecule has 1 fully saturated rings. The molecule has 1 aliphatic heterocycles. The molecule has 0 radical (unpaired) electrons. The van der Waals surface area contributed by atoms with Crippen molar-refractivity contribution in [3.8, 4) is 0 Å². The van der Waals surface area contributed by atoms with Crippen molar-refractivity contribution in [2.45, 2.75) is 25.9 Å². The molecule has 1 aromatic rings. The van der Waals surface area contributed by atoms with Gasteiger partial charge in [-0.25, -0.2) is 0 Å². The average molecular weight is 261 g/mol. The highest BCUT2D eigenvalue weighted by Crippen LogP contribution is 2.13. The summed E-state index contributed by atoms with van der Waals surface area (Å²) in [5.74, 6) is -0.0164. The van der Waals surface area contributed by atoms with Gasteiger partial charge in [0, 0.05) is 38.1 Å². The fourth-order valence-corrected chi connectivity index (χ4v) is 2.39. The number of amides is 1. The minimum Gasteiger partial charge on any atom is -0.352 e. The molecule has 104 valence electrons. The summed E-state index contributed by atoms with van der Waals surface area (Å²) in [6.45, 7) is 5.20. The van der Waals surface area contributed by atoms with Gasteiger partial charge < -0.3 is 11.1 Å². The number of carbonyl (C=O) groups excluding carboxylic acids is 1. The normalized spacial score (nSPS) is 21.3. The van der Waals surface area contributed by atoms with Gasteiger partial charge in [-0.2, -0.15) is 0 Å². The first-order valence-electron chi connectivity index (χ1n) is 6.95. The smallest absolute Gasteiger partial charge is 0.224 e. The third kappa shape index (κ3) is 4.04. The molecule has 1 aliphatic rings. The van der Waals surface area contributed by atoms with Crippen molar-refractivity contribution in [3.05, 3.63) is 35.9 Å². The molecule has 0 spiro atoms. The Morgan fingerprint density at radius 1 is 1.47 bits per heavy atom. The number of benzene rings is 1. The lowest BCUT2D eigenvalue weighted by Gasteiger charge is -2.18. The lowest BCUT2D eigenvalue weighted by Crippen LogP contribution is -2.41. The highest BCUT2D eigenvalue weighted by atomic mass is 16.1. The Balaban J connectivity index is 1.79. The lowest BCUT2D eigenvalue weighted by atomic mass is 10.1. The lowest BCUT2D eigenvalue weighted by molar-refractivity contribution is -0.124. The van der Waals surface area contributed by atoms with Crippen LogP contribution in [0.1, 0.15) is 18.9 Å². The van der Waals surface area contributed by atoms with Crippen LogP contribution in [-0.2, 0) is 11.3 Å². The maximum Gasteiger partial charge on any atom is 0.224 e. The van der Waals surface area contributed by atoms with E-state index in [1.807, 2.05) is 13.0 Å². The summed E-state index contributed by atoms with van der Waals surface area (Å²) < 4.78 is 0. The topological polar surface area (TPSA) is 58.4 Å². The van der Waals surface area contributed by atoms with E-state index in [4.69, 9.17) is 5.73 Å². The summed E-state index contributed by atoms with van der Waals surface area (Å²) in [5, 5.41) is 3.08. The number of rotatable bonds is 5. The van der Waals surface area contributed by atoms with Gasteiger partial charge in [0.2, 0.25) is 5.91 Å². The summed E-state index contributed by atoms with van der Waals surface area (Å²) >= 11 is 0. The van der Waals surface area contributed by atoms with Crippen molar-refractivity contribution in [1.82, 2.24) is 10.2 Å². The summed E-state index contributed by atoms with van der Waals surface area (Å²) in [6.07, 6.45) is 1.02. The molecular weight excluding hydrogens is 238 g/mol. The molecule has 1 aromatic carbocycles. The number of nitrogens with one attached hydrogen (secondary N) is 1. The number of hydrogen-bond donors (Lipinski definition) is 2. The molecule has 1 heterocycles. The Morgan fingerprint density at radius 3 is 2.89 bits per heavy atom. The Kier molecular flexibility index (Phi) is 4.93. The van der Waals surface area contributed by atoms with Crippen LogP contribution in [0.25, 0.3) is 0 Å². The van der Waals surface area contributed by atoms with Crippen molar-refractivity contribution in [3.63, 3.8) is 0 Å². The summed E-state index contributed by atoms with van der Waals surface area (Å²) in [6, 6.07) is 10.7. The van der Waals surface area contributed by atoms with Crippen LogP contribution in [0.2, 0.25) is 0 Å². The average Bonchev–Trinajstić information content (AvgIpc) is 2.86. The van der Waals surface area contributed by atoms with Crippen LogP contribution >= 0.6 is 0 Å². The highest BCUT2D eigenvalue weighted by molar-refractivity contribution is 5.78. The molecule has 4 heteroatoms. The largest absolute Gasteiger partial charge is 0.352 e. The monoisotopic (exact) mass is 261 g/mol. The molecule has 0 aliphatic carbocycles. The van der Waals surface area contributed by atoms with Gasteiger partial charge >= 0.3 is 0 Å². The number of likely N-dealkylation sites (tertiary alicyclic amines) is 1. The Hall–Kier alpha value is -1.39. The second kappa shape index (κ2) is 6.68. The van der Waals surface area contributed by atoms with Crippen molar-refractivity contribution < 1.29 is 4.79 Å². The predicted octanol–water partition coefficient (Wildman–Crippen LogP) is 0.972. The highest BCUT2D eigenvalue weighted by Gasteiger charge is 2.24. The fraction of sp³-hybridized carbons (Fsp3) is 0.533. The van der Waals surface area contributed by atoms with Crippen LogP contribution in [0.5, 0.6) is 0 Å². The van der Waals surface area contributed by atoms with Gasteiger partial charge in [0.05, 0.1) is 0 Å². The van der Waals surface area contributed by atoms with Gasteiger partial charge in [0.25, 0.3) is 0 Å². The van der Waals surface area contributed by atoms with Gasteiger partial charge in [-0.05, 0) is 12.0 Å². The molecule has 0 saturated carbocycles. The van der Waals surface area contributed by atoms with Crippen LogP contribution < -0.4 is 11.1 Å². The summed E-state index contributed by atoms with van der Waals surface area (Å²) in [4.78, 5) is 14.2. The van der Waals surface area contributed by atoms with E-state index in [1.165, 1.54) is 5.56 Å². The summed E-state index contributed by atoms with van der Waals surface area (Å²) in [7, 11) is 0. The number of carbonyl (C=O) groups is 1. The first-order valence-corrected chi connectivity index (χ1v) is 6.95. The van der Waals surface area contributed by atoms with Crippen LogP contribution in [-0.4, -0.2) is 36.5 Å². The number of nitrogens with two attached hydrogens (primary N) is 1. The molecule has 0 aromatic heterocycles. The third-order valence-corrected chi connectivity index (χ3v) is 3.67. The van der Waals surface area contributed by atoms with Gasteiger partial charge in [0.15, 0.2) is 0 Å². The van der Waals surface area contributed by atoms with Crippen LogP contribution in [0.3, 0.4) is 0 Å². The minimum atomic E-state index is -0.0943. The van der Waals surface area contributed by atoms with Gasteiger partial charge in [-0.3, -0.25) is 9.69 Å². The maximum absolute atomic E-state index is 11.8. The zero-order valence-electron chi connectivity index (χ0n) is 11.5. The first kappa shape index (κ1) is 14.0. The molecule has 0 bridgehead atoms. The van der Waals surface area contributed by atoms with E-state index in [0.717, 1.165) is 26.1 Å². The fourth-order valence-electron chi connectivity index (χ4n) is 2.39. The van der Waals surface area contributed by atoms with E-state index in [9.17, 15) is 4.79 Å². The van der Waals surface area contributed by atoms with Crippen molar-refractivity contribution in [2.24, 2.45) is 11.7 Å². The Morgan fingerprint density at radius 2 is 2.21 bits per heavy atom. The minimum absolute atomic E-state index is 0.0778. The third-order valence-electron chi connectivity index (χ3n) is 3.67. The quantitative estimate of drug-likeness (QED) is 0.830. The number of hydrogen-bond acceptors (Lipinski definition) is 3. The molecule has 19 heavy (non-hydrogen) atoms. The van der Waals surface area contributed by atoms with Crippen LogP contribution in [0.4, 0.5) is 0 Å². The second-order valence-electron chi connectivity index (χ2n) is 5.35. The molecule has 4 nitrogen and oxygen atoms in total.